The van der Waals surface area contributed by atoms with E-state index < -0.39 is 11.7 Å². The first-order valence-electron chi connectivity index (χ1n) is 9.18. The Morgan fingerprint density at radius 3 is 2.79 bits per heavy atom. The van der Waals surface area contributed by atoms with Crippen LogP contribution in [-0.2, 0) is 6.54 Å². The molecular weight excluding hydrogens is 395 g/mol. The molecule has 0 aliphatic rings. The van der Waals surface area contributed by atoms with E-state index in [0.717, 1.165) is 17.5 Å². The third kappa shape index (κ3) is 3.38. The van der Waals surface area contributed by atoms with Crippen molar-refractivity contribution in [2.75, 3.05) is 5.32 Å². The Bertz CT molecular complexity index is 1190. The van der Waals surface area contributed by atoms with Gasteiger partial charge < -0.3 is 9.09 Å². The summed E-state index contributed by atoms with van der Waals surface area (Å²) in [7, 11) is 0. The molecule has 0 radical (unpaired) electrons. The van der Waals surface area contributed by atoms with E-state index in [0.29, 0.717) is 12.5 Å². The third-order valence-corrected chi connectivity index (χ3v) is 4.93. The highest BCUT2D eigenvalue weighted by atomic mass is 35.5. The summed E-state index contributed by atoms with van der Waals surface area (Å²) in [5.74, 6) is -0.414. The maximum absolute atomic E-state index is 14.4. The van der Waals surface area contributed by atoms with Gasteiger partial charge in [0.1, 0.15) is 22.8 Å². The van der Waals surface area contributed by atoms with Crippen LogP contribution >= 0.6 is 11.6 Å². The molecule has 0 bridgehead atoms. The number of aryl methyl sites for hydroxylation is 2. The first-order valence-corrected chi connectivity index (χ1v) is 9.56. The number of carbonyl (C=O) groups is 1. The second kappa shape index (κ2) is 7.67. The second-order valence-corrected chi connectivity index (χ2v) is 7.00. The van der Waals surface area contributed by atoms with E-state index in [9.17, 15) is 9.18 Å². The highest BCUT2D eigenvalue weighted by molar-refractivity contribution is 6.33. The number of halogens is 2. The predicted molar refractivity (Wildman–Crippen MR) is 110 cm³/mol. The number of nitrogens with one attached hydrogen (secondary N) is 1. The molecule has 0 fully saturated rings. The summed E-state index contributed by atoms with van der Waals surface area (Å²) >= 11 is 6.16. The maximum Gasteiger partial charge on any atom is 0.263 e. The van der Waals surface area contributed by atoms with Crippen LogP contribution in [0.4, 0.5) is 10.3 Å². The quantitative estimate of drug-likeness (QED) is 0.472. The van der Waals surface area contributed by atoms with E-state index in [1.54, 1.807) is 6.92 Å². The second-order valence-electron chi connectivity index (χ2n) is 6.59. The molecule has 0 atom stereocenters. The third-order valence-electron chi connectivity index (χ3n) is 4.62. The van der Waals surface area contributed by atoms with Gasteiger partial charge in [0, 0.05) is 6.54 Å². The van der Waals surface area contributed by atoms with Gasteiger partial charge in [-0.2, -0.15) is 0 Å². The lowest BCUT2D eigenvalue weighted by molar-refractivity contribution is 0.102. The molecule has 0 spiro atoms. The van der Waals surface area contributed by atoms with Crippen LogP contribution in [0.5, 0.6) is 0 Å². The Labute approximate surface area is 171 Å². The zero-order valence-corrected chi connectivity index (χ0v) is 16.6. The van der Waals surface area contributed by atoms with Crippen molar-refractivity contribution in [3.05, 3.63) is 64.6 Å². The number of benzene rings is 2. The highest BCUT2D eigenvalue weighted by Crippen LogP contribution is 2.34. The lowest BCUT2D eigenvalue weighted by atomic mass is 10.0. The summed E-state index contributed by atoms with van der Waals surface area (Å²) in [5.41, 5.74) is 1.89. The van der Waals surface area contributed by atoms with Gasteiger partial charge in [0.2, 0.25) is 5.95 Å². The van der Waals surface area contributed by atoms with Crippen LogP contribution in [0.3, 0.4) is 0 Å². The Morgan fingerprint density at radius 1 is 1.24 bits per heavy atom. The van der Waals surface area contributed by atoms with Gasteiger partial charge in [0.05, 0.1) is 21.6 Å². The van der Waals surface area contributed by atoms with Gasteiger partial charge in [0.15, 0.2) is 0 Å². The number of hydrogen-bond donors (Lipinski definition) is 1. The molecule has 4 rings (SSSR count). The number of aromatic nitrogens is 3. The van der Waals surface area contributed by atoms with Gasteiger partial charge in [-0.05, 0) is 37.6 Å². The fourth-order valence-electron chi connectivity index (χ4n) is 3.32. The van der Waals surface area contributed by atoms with Gasteiger partial charge in [-0.3, -0.25) is 10.1 Å². The van der Waals surface area contributed by atoms with Crippen LogP contribution < -0.4 is 5.32 Å². The molecule has 8 heteroatoms. The molecule has 0 aliphatic heterocycles. The minimum Gasteiger partial charge on any atom is -0.360 e. The van der Waals surface area contributed by atoms with Crippen molar-refractivity contribution in [1.82, 2.24) is 14.7 Å². The molecule has 2 aromatic heterocycles. The minimum absolute atomic E-state index is 0.0261. The summed E-state index contributed by atoms with van der Waals surface area (Å²) in [6.07, 6.45) is 0.867. The normalized spacial score (nSPS) is 11.2. The van der Waals surface area contributed by atoms with Gasteiger partial charge in [-0.25, -0.2) is 9.37 Å². The van der Waals surface area contributed by atoms with Gasteiger partial charge in [-0.1, -0.05) is 41.9 Å². The number of hydrogen-bond acceptors (Lipinski definition) is 4. The molecule has 6 nitrogen and oxygen atoms in total. The van der Waals surface area contributed by atoms with Crippen molar-refractivity contribution in [2.45, 2.75) is 26.8 Å². The molecule has 0 saturated carbocycles. The number of rotatable bonds is 5. The largest absolute Gasteiger partial charge is 0.360 e. The molecule has 0 unspecified atom stereocenters. The van der Waals surface area contributed by atoms with Crippen molar-refractivity contribution >= 4 is 34.5 Å². The lowest BCUT2D eigenvalue weighted by Crippen LogP contribution is -2.17. The van der Waals surface area contributed by atoms with Crippen LogP contribution in [0.1, 0.15) is 29.5 Å². The summed E-state index contributed by atoms with van der Waals surface area (Å²) < 4.78 is 21.5. The molecule has 2 heterocycles. The Hall–Kier alpha value is -3.19. The number of para-hydroxylation sites is 2. The average Bonchev–Trinajstić information content (AvgIpc) is 3.23. The number of carbonyl (C=O) groups excluding carboxylic acids is 1. The van der Waals surface area contributed by atoms with Gasteiger partial charge in [-0.15, -0.1) is 0 Å². The first kappa shape index (κ1) is 19.1. The Kier molecular flexibility index (Phi) is 5.07. The molecule has 1 N–H and O–H groups in total. The van der Waals surface area contributed by atoms with Crippen molar-refractivity contribution < 1.29 is 13.7 Å². The standard InChI is InChI=1S/C21H18ClFN4O2/c1-3-11-27-16-10-5-4-9-15(16)24-21(27)25-20(28)17-12(2)29-26-19(17)18-13(22)7-6-8-14(18)23/h4-10H,3,11H2,1-2H3,(H,24,25,28). The molecule has 0 saturated heterocycles. The van der Waals surface area contributed by atoms with E-state index in [2.05, 4.69) is 15.5 Å². The van der Waals surface area contributed by atoms with Crippen LogP contribution in [0.15, 0.2) is 47.0 Å². The zero-order chi connectivity index (χ0) is 20.5. The minimum atomic E-state index is -0.585. The summed E-state index contributed by atoms with van der Waals surface area (Å²) in [4.78, 5) is 17.6. The van der Waals surface area contributed by atoms with Crippen molar-refractivity contribution in [2.24, 2.45) is 0 Å². The van der Waals surface area contributed by atoms with Crippen molar-refractivity contribution in [3.8, 4) is 11.3 Å². The van der Waals surface area contributed by atoms with Crippen LogP contribution in [0.2, 0.25) is 5.02 Å². The summed E-state index contributed by atoms with van der Waals surface area (Å²) in [5, 5.41) is 6.85. The number of nitrogens with zero attached hydrogens (tertiary/aromatic N) is 3. The monoisotopic (exact) mass is 412 g/mol. The molecule has 1 amide bonds. The number of imidazole rings is 1. The molecule has 0 aliphatic carbocycles. The van der Waals surface area contributed by atoms with Gasteiger partial charge >= 0.3 is 0 Å². The molecule has 148 valence electrons. The zero-order valence-electron chi connectivity index (χ0n) is 15.9. The van der Waals surface area contributed by atoms with E-state index in [-0.39, 0.29) is 27.6 Å². The smallest absolute Gasteiger partial charge is 0.263 e. The number of fused-ring (bicyclic) bond motifs is 1. The van der Waals surface area contributed by atoms with E-state index >= 15 is 0 Å². The highest BCUT2D eigenvalue weighted by Gasteiger charge is 2.26. The summed E-state index contributed by atoms with van der Waals surface area (Å²) in [6.45, 7) is 4.32. The van der Waals surface area contributed by atoms with Crippen molar-refractivity contribution in [1.29, 1.82) is 0 Å². The SMILES string of the molecule is CCCn1c(NC(=O)c2c(-c3c(F)cccc3Cl)noc2C)nc2ccccc21. The Balaban J connectivity index is 1.77. The first-order chi connectivity index (χ1) is 14.0. The molecule has 2 aromatic carbocycles. The van der Waals surface area contributed by atoms with E-state index in [1.165, 1.54) is 18.2 Å². The van der Waals surface area contributed by atoms with Crippen LogP contribution in [0, 0.1) is 12.7 Å². The van der Waals surface area contributed by atoms with E-state index in [4.69, 9.17) is 16.1 Å². The molecule has 4 aromatic rings. The number of anilines is 1. The molecular formula is C21H18ClFN4O2. The van der Waals surface area contributed by atoms with Crippen LogP contribution in [0.25, 0.3) is 22.3 Å². The summed E-state index contributed by atoms with van der Waals surface area (Å²) in [6, 6.07) is 11.9. The lowest BCUT2D eigenvalue weighted by Gasteiger charge is -2.10. The Morgan fingerprint density at radius 2 is 2.03 bits per heavy atom. The van der Waals surface area contributed by atoms with Crippen LogP contribution in [-0.4, -0.2) is 20.6 Å². The average molecular weight is 413 g/mol. The molecule has 29 heavy (non-hydrogen) atoms. The maximum atomic E-state index is 14.4. The van der Waals surface area contributed by atoms with E-state index in [1.807, 2.05) is 35.8 Å². The van der Waals surface area contributed by atoms with Crippen molar-refractivity contribution in [3.63, 3.8) is 0 Å². The predicted octanol–water partition coefficient (Wildman–Crippen LogP) is 5.45. The fraction of sp³-hybridized carbons (Fsp3) is 0.190. The topological polar surface area (TPSA) is 73.0 Å². The number of amides is 1. The van der Waals surface area contributed by atoms with Gasteiger partial charge in [0.25, 0.3) is 5.91 Å². The fourth-order valence-corrected chi connectivity index (χ4v) is 3.57.